The van der Waals surface area contributed by atoms with Crippen molar-refractivity contribution in [2.75, 3.05) is 29.6 Å². The first-order chi connectivity index (χ1) is 6.45. The second-order valence-corrected chi connectivity index (χ2v) is 6.40. The number of nitrogens with one attached hydrogen (secondary N) is 1. The van der Waals surface area contributed by atoms with Gasteiger partial charge in [-0.1, -0.05) is 0 Å². The molecular formula is C10H19NS2. The maximum Gasteiger partial charge on any atom is 0.0166 e. The van der Waals surface area contributed by atoms with Crippen molar-refractivity contribution in [2.24, 2.45) is 5.92 Å². The van der Waals surface area contributed by atoms with Gasteiger partial charge in [0.15, 0.2) is 0 Å². The van der Waals surface area contributed by atoms with Gasteiger partial charge in [0.25, 0.3) is 0 Å². The number of rotatable bonds is 3. The van der Waals surface area contributed by atoms with E-state index in [2.05, 4.69) is 28.8 Å². The highest BCUT2D eigenvalue weighted by Gasteiger charge is 2.18. The van der Waals surface area contributed by atoms with E-state index in [1.807, 2.05) is 0 Å². The normalized spacial score (nSPS) is 30.9. The molecule has 0 aromatic rings. The van der Waals surface area contributed by atoms with E-state index in [1.54, 1.807) is 0 Å². The van der Waals surface area contributed by atoms with Gasteiger partial charge in [-0.2, -0.15) is 23.5 Å². The van der Waals surface area contributed by atoms with Crippen molar-refractivity contribution in [3.8, 4) is 0 Å². The van der Waals surface area contributed by atoms with Gasteiger partial charge in [-0.15, -0.1) is 0 Å². The van der Waals surface area contributed by atoms with E-state index in [1.165, 1.54) is 48.8 Å². The van der Waals surface area contributed by atoms with Crippen LogP contribution in [0.2, 0.25) is 0 Å². The maximum absolute atomic E-state index is 3.72. The highest BCUT2D eigenvalue weighted by atomic mass is 32.2. The molecule has 2 fully saturated rings. The Morgan fingerprint density at radius 2 is 1.77 bits per heavy atom. The summed E-state index contributed by atoms with van der Waals surface area (Å²) in [5.74, 6) is 6.49. The number of hydrogen-bond acceptors (Lipinski definition) is 3. The van der Waals surface area contributed by atoms with Crippen molar-refractivity contribution in [1.82, 2.24) is 5.32 Å². The van der Waals surface area contributed by atoms with Gasteiger partial charge >= 0.3 is 0 Å². The van der Waals surface area contributed by atoms with Crippen molar-refractivity contribution < 1.29 is 0 Å². The van der Waals surface area contributed by atoms with Crippen molar-refractivity contribution in [2.45, 2.75) is 25.3 Å². The minimum atomic E-state index is 0.833. The predicted molar refractivity (Wildman–Crippen MR) is 63.8 cm³/mol. The molecule has 2 rings (SSSR count). The molecule has 0 aromatic carbocycles. The molecule has 76 valence electrons. The summed E-state index contributed by atoms with van der Waals surface area (Å²) in [6, 6.07) is 0.833. The Balaban J connectivity index is 1.60. The summed E-state index contributed by atoms with van der Waals surface area (Å²) in [6.07, 6.45) is 4.28. The van der Waals surface area contributed by atoms with E-state index in [0.29, 0.717) is 0 Å². The molecule has 0 aromatic heterocycles. The SMILES string of the molecule is C1CC(CNC2CCSC2)CCS1. The third-order valence-electron chi connectivity index (χ3n) is 2.97. The first-order valence-electron chi connectivity index (χ1n) is 5.34. The zero-order valence-corrected chi connectivity index (χ0v) is 9.76. The Labute approximate surface area is 89.8 Å². The standard InChI is InChI=1S/C10H19NS2/c1-4-12-5-2-9(1)7-11-10-3-6-13-8-10/h9-11H,1-8H2. The smallest absolute Gasteiger partial charge is 0.0166 e. The third kappa shape index (κ3) is 3.37. The minimum Gasteiger partial charge on any atom is -0.313 e. The summed E-state index contributed by atoms with van der Waals surface area (Å²) >= 11 is 4.23. The molecular weight excluding hydrogens is 198 g/mol. The molecule has 0 amide bonds. The fourth-order valence-electron chi connectivity index (χ4n) is 1.98. The molecule has 0 aliphatic carbocycles. The third-order valence-corrected chi connectivity index (χ3v) is 5.18. The van der Waals surface area contributed by atoms with Crippen LogP contribution in [0.1, 0.15) is 19.3 Å². The van der Waals surface area contributed by atoms with Crippen LogP contribution in [0.4, 0.5) is 0 Å². The van der Waals surface area contributed by atoms with E-state index < -0.39 is 0 Å². The predicted octanol–water partition coefficient (Wildman–Crippen LogP) is 2.22. The molecule has 2 aliphatic rings. The lowest BCUT2D eigenvalue weighted by Gasteiger charge is -2.23. The first-order valence-corrected chi connectivity index (χ1v) is 7.65. The summed E-state index contributed by atoms with van der Waals surface area (Å²) in [6.45, 7) is 1.28. The number of thioether (sulfide) groups is 2. The molecule has 1 atom stereocenters. The second-order valence-electron chi connectivity index (χ2n) is 4.02. The summed E-state index contributed by atoms with van der Waals surface area (Å²) in [5.41, 5.74) is 0. The van der Waals surface area contributed by atoms with Crippen LogP contribution >= 0.6 is 23.5 Å². The first kappa shape index (κ1) is 10.2. The van der Waals surface area contributed by atoms with Crippen LogP contribution in [0, 0.1) is 5.92 Å². The topological polar surface area (TPSA) is 12.0 Å². The highest BCUT2D eigenvalue weighted by Crippen LogP contribution is 2.23. The number of hydrogen-bond donors (Lipinski definition) is 1. The monoisotopic (exact) mass is 217 g/mol. The Bertz CT molecular complexity index is 140. The van der Waals surface area contributed by atoms with Gasteiger partial charge in [0.05, 0.1) is 0 Å². The molecule has 0 saturated carbocycles. The molecule has 2 saturated heterocycles. The fourth-order valence-corrected chi connectivity index (χ4v) is 4.37. The molecule has 2 heterocycles. The average Bonchev–Trinajstić information content (AvgIpc) is 2.69. The van der Waals surface area contributed by atoms with Crippen molar-refractivity contribution in [1.29, 1.82) is 0 Å². The van der Waals surface area contributed by atoms with Gasteiger partial charge in [-0.25, -0.2) is 0 Å². The van der Waals surface area contributed by atoms with Gasteiger partial charge in [0, 0.05) is 11.8 Å². The van der Waals surface area contributed by atoms with Crippen molar-refractivity contribution in [3.05, 3.63) is 0 Å². The van der Waals surface area contributed by atoms with Crippen LogP contribution in [0.25, 0.3) is 0 Å². The lowest BCUT2D eigenvalue weighted by molar-refractivity contribution is 0.419. The summed E-state index contributed by atoms with van der Waals surface area (Å²) < 4.78 is 0. The van der Waals surface area contributed by atoms with Gasteiger partial charge < -0.3 is 5.32 Å². The Morgan fingerprint density at radius 3 is 2.46 bits per heavy atom. The summed E-state index contributed by atoms with van der Waals surface area (Å²) in [5, 5.41) is 3.72. The average molecular weight is 217 g/mol. The molecule has 1 nitrogen and oxygen atoms in total. The van der Waals surface area contributed by atoms with Crippen molar-refractivity contribution in [3.63, 3.8) is 0 Å². The van der Waals surface area contributed by atoms with Gasteiger partial charge in [-0.05, 0) is 49.0 Å². The van der Waals surface area contributed by atoms with E-state index in [4.69, 9.17) is 0 Å². The molecule has 0 radical (unpaired) electrons. The van der Waals surface area contributed by atoms with Gasteiger partial charge in [0.1, 0.15) is 0 Å². The van der Waals surface area contributed by atoms with Crippen LogP contribution < -0.4 is 5.32 Å². The van der Waals surface area contributed by atoms with Crippen LogP contribution in [0.5, 0.6) is 0 Å². The lowest BCUT2D eigenvalue weighted by atomic mass is 10.0. The Hall–Kier alpha value is 0.660. The maximum atomic E-state index is 3.72. The minimum absolute atomic E-state index is 0.833. The van der Waals surface area contributed by atoms with Gasteiger partial charge in [-0.3, -0.25) is 0 Å². The second kappa shape index (κ2) is 5.52. The molecule has 1 N–H and O–H groups in total. The molecule has 3 heteroatoms. The molecule has 0 bridgehead atoms. The molecule has 0 spiro atoms. The lowest BCUT2D eigenvalue weighted by Crippen LogP contribution is -2.34. The van der Waals surface area contributed by atoms with Gasteiger partial charge in [0.2, 0.25) is 0 Å². The zero-order chi connectivity index (χ0) is 8.93. The van der Waals surface area contributed by atoms with Crippen molar-refractivity contribution >= 4 is 23.5 Å². The molecule has 13 heavy (non-hydrogen) atoms. The Morgan fingerprint density at radius 1 is 1.00 bits per heavy atom. The van der Waals surface area contributed by atoms with E-state index >= 15 is 0 Å². The summed E-state index contributed by atoms with van der Waals surface area (Å²) in [4.78, 5) is 0. The molecule has 2 aliphatic heterocycles. The summed E-state index contributed by atoms with van der Waals surface area (Å²) in [7, 11) is 0. The zero-order valence-electron chi connectivity index (χ0n) is 8.13. The highest BCUT2D eigenvalue weighted by molar-refractivity contribution is 7.99. The Kier molecular flexibility index (Phi) is 4.32. The van der Waals surface area contributed by atoms with E-state index in [0.717, 1.165) is 12.0 Å². The van der Waals surface area contributed by atoms with E-state index in [9.17, 15) is 0 Å². The van der Waals surface area contributed by atoms with Crippen LogP contribution in [0.3, 0.4) is 0 Å². The molecule has 1 unspecified atom stereocenters. The largest absolute Gasteiger partial charge is 0.313 e. The van der Waals surface area contributed by atoms with Crippen LogP contribution in [-0.2, 0) is 0 Å². The van der Waals surface area contributed by atoms with Crippen LogP contribution in [0.15, 0.2) is 0 Å². The van der Waals surface area contributed by atoms with E-state index in [-0.39, 0.29) is 0 Å². The quantitative estimate of drug-likeness (QED) is 0.778. The fraction of sp³-hybridized carbons (Fsp3) is 1.00. The van der Waals surface area contributed by atoms with Crippen LogP contribution in [-0.4, -0.2) is 35.6 Å².